The van der Waals surface area contributed by atoms with Crippen molar-refractivity contribution >= 4 is 0 Å². The Bertz CT molecular complexity index is 210. The van der Waals surface area contributed by atoms with E-state index in [0.29, 0.717) is 19.0 Å². The monoisotopic (exact) mass is 211 g/mol. The molecule has 0 radical (unpaired) electrons. The molecule has 2 nitrogen and oxygen atoms in total. The van der Waals surface area contributed by atoms with Crippen LogP contribution in [0, 0.1) is 18.3 Å². The van der Waals surface area contributed by atoms with Gasteiger partial charge in [0.25, 0.3) is 0 Å². The maximum Gasteiger partial charge on any atom is 0.0670 e. The Kier molecular flexibility index (Phi) is 5.93. The van der Waals surface area contributed by atoms with Gasteiger partial charge >= 0.3 is 0 Å². The molecule has 0 aliphatic heterocycles. The van der Waals surface area contributed by atoms with Crippen LogP contribution in [0.25, 0.3) is 0 Å². The normalized spacial score (nSPS) is 14.3. The smallest absolute Gasteiger partial charge is 0.0670 e. The fourth-order valence-electron chi connectivity index (χ4n) is 1.56. The lowest BCUT2D eigenvalue weighted by molar-refractivity contribution is 0.0578. The van der Waals surface area contributed by atoms with Gasteiger partial charge in [-0.15, -0.1) is 6.42 Å². The van der Waals surface area contributed by atoms with Crippen LogP contribution >= 0.6 is 0 Å². The summed E-state index contributed by atoms with van der Waals surface area (Å²) in [6, 6.07) is 0. The molecule has 0 amide bonds. The van der Waals surface area contributed by atoms with E-state index in [1.54, 1.807) is 0 Å². The first-order valence-electron chi connectivity index (χ1n) is 5.64. The summed E-state index contributed by atoms with van der Waals surface area (Å²) in [4.78, 5) is 2.14. The molecule has 15 heavy (non-hydrogen) atoms. The second kappa shape index (κ2) is 6.15. The second-order valence-electron chi connectivity index (χ2n) is 5.54. The Balaban J connectivity index is 4.24. The largest absolute Gasteiger partial charge is 0.392 e. The first kappa shape index (κ1) is 14.5. The second-order valence-corrected chi connectivity index (χ2v) is 5.54. The average molecular weight is 211 g/mol. The van der Waals surface area contributed by atoms with Crippen LogP contribution in [0.4, 0.5) is 0 Å². The first-order valence-corrected chi connectivity index (χ1v) is 5.64. The number of nitrogens with zero attached hydrogens (tertiary/aromatic N) is 1. The number of hydrogen-bond donors (Lipinski definition) is 1. The van der Waals surface area contributed by atoms with Crippen LogP contribution in [0.1, 0.15) is 41.0 Å². The van der Waals surface area contributed by atoms with Crippen molar-refractivity contribution in [1.82, 2.24) is 4.90 Å². The van der Waals surface area contributed by atoms with Gasteiger partial charge in [0.05, 0.1) is 12.6 Å². The van der Waals surface area contributed by atoms with Crippen molar-refractivity contribution in [3.8, 4) is 12.3 Å². The lowest BCUT2D eigenvalue weighted by Crippen LogP contribution is -2.45. The number of aliphatic hydroxyl groups excluding tert-OH is 1. The zero-order valence-electron chi connectivity index (χ0n) is 10.7. The van der Waals surface area contributed by atoms with Crippen molar-refractivity contribution in [2.24, 2.45) is 5.92 Å². The molecule has 0 heterocycles. The molecule has 0 saturated carbocycles. The summed E-state index contributed by atoms with van der Waals surface area (Å²) in [5.74, 6) is 3.17. The van der Waals surface area contributed by atoms with E-state index in [9.17, 15) is 5.11 Å². The molecule has 0 aromatic carbocycles. The summed E-state index contributed by atoms with van der Waals surface area (Å²) in [6.45, 7) is 11.8. The lowest BCUT2D eigenvalue weighted by atomic mass is 10.0. The Morgan fingerprint density at radius 1 is 1.33 bits per heavy atom. The molecule has 0 aliphatic rings. The van der Waals surface area contributed by atoms with Crippen LogP contribution in [0.15, 0.2) is 0 Å². The minimum atomic E-state index is -0.280. The van der Waals surface area contributed by atoms with E-state index in [0.717, 1.165) is 6.42 Å². The molecule has 0 bridgehead atoms. The predicted molar refractivity (Wildman–Crippen MR) is 65.6 cm³/mol. The fourth-order valence-corrected chi connectivity index (χ4v) is 1.56. The van der Waals surface area contributed by atoms with E-state index in [1.165, 1.54) is 0 Å². The van der Waals surface area contributed by atoms with Crippen molar-refractivity contribution in [3.05, 3.63) is 0 Å². The number of β-amino-alcohol motifs (C(OH)–C–C–N with tert-alkyl or cyclic N) is 1. The van der Waals surface area contributed by atoms with E-state index in [1.807, 2.05) is 0 Å². The van der Waals surface area contributed by atoms with E-state index in [2.05, 4.69) is 45.4 Å². The quantitative estimate of drug-likeness (QED) is 0.704. The molecule has 0 aliphatic carbocycles. The summed E-state index contributed by atoms with van der Waals surface area (Å²) in [5.41, 5.74) is 0.0182. The number of hydrogen-bond acceptors (Lipinski definition) is 2. The molecule has 0 aromatic heterocycles. The molecule has 0 spiro atoms. The maximum atomic E-state index is 9.87. The molecule has 0 fully saturated rings. The lowest BCUT2D eigenvalue weighted by Gasteiger charge is -2.35. The summed E-state index contributed by atoms with van der Waals surface area (Å²) >= 11 is 0. The molecule has 2 heteroatoms. The van der Waals surface area contributed by atoms with E-state index in [-0.39, 0.29) is 11.6 Å². The highest BCUT2D eigenvalue weighted by Crippen LogP contribution is 2.15. The Morgan fingerprint density at radius 2 is 1.87 bits per heavy atom. The Labute approximate surface area is 94.7 Å². The SMILES string of the molecule is C#CCN(CC(O)CC(C)C)C(C)(C)C. The molecule has 0 aromatic rings. The van der Waals surface area contributed by atoms with E-state index < -0.39 is 0 Å². The highest BCUT2D eigenvalue weighted by atomic mass is 16.3. The van der Waals surface area contributed by atoms with Gasteiger partial charge in [-0.3, -0.25) is 4.90 Å². The van der Waals surface area contributed by atoms with Gasteiger partial charge in [-0.1, -0.05) is 19.8 Å². The molecule has 1 atom stereocenters. The van der Waals surface area contributed by atoms with Crippen molar-refractivity contribution in [2.75, 3.05) is 13.1 Å². The van der Waals surface area contributed by atoms with Gasteiger partial charge in [0.2, 0.25) is 0 Å². The third-order valence-corrected chi connectivity index (χ3v) is 2.41. The summed E-state index contributed by atoms with van der Waals surface area (Å²) in [6.07, 6.45) is 5.88. The van der Waals surface area contributed by atoms with Gasteiger partial charge in [-0.05, 0) is 33.1 Å². The first-order chi connectivity index (χ1) is 6.77. The van der Waals surface area contributed by atoms with Crippen LogP contribution in [0.2, 0.25) is 0 Å². The number of terminal acetylenes is 1. The number of aliphatic hydroxyl groups is 1. The van der Waals surface area contributed by atoms with Gasteiger partial charge in [-0.25, -0.2) is 0 Å². The van der Waals surface area contributed by atoms with E-state index in [4.69, 9.17) is 6.42 Å². The molecule has 0 saturated heterocycles. The minimum Gasteiger partial charge on any atom is -0.392 e. The molecular formula is C13H25NO. The summed E-state index contributed by atoms with van der Waals surface area (Å²) in [5, 5.41) is 9.87. The van der Waals surface area contributed by atoms with Crippen LogP contribution in [0.3, 0.4) is 0 Å². The summed E-state index contributed by atoms with van der Waals surface area (Å²) in [7, 11) is 0. The number of rotatable bonds is 5. The third kappa shape index (κ3) is 6.54. The van der Waals surface area contributed by atoms with Gasteiger partial charge in [0.15, 0.2) is 0 Å². The molecule has 88 valence electrons. The molecule has 1 N–H and O–H groups in total. The minimum absolute atomic E-state index is 0.0182. The van der Waals surface area contributed by atoms with Gasteiger partial charge in [-0.2, -0.15) is 0 Å². The van der Waals surface area contributed by atoms with Gasteiger partial charge in [0, 0.05) is 12.1 Å². The van der Waals surface area contributed by atoms with Crippen molar-refractivity contribution < 1.29 is 5.11 Å². The third-order valence-electron chi connectivity index (χ3n) is 2.41. The van der Waals surface area contributed by atoms with Crippen LogP contribution in [0.5, 0.6) is 0 Å². The highest BCUT2D eigenvalue weighted by molar-refractivity contribution is 4.92. The fraction of sp³-hybridized carbons (Fsp3) is 0.846. The summed E-state index contributed by atoms with van der Waals surface area (Å²) < 4.78 is 0. The van der Waals surface area contributed by atoms with Crippen molar-refractivity contribution in [1.29, 1.82) is 0 Å². The predicted octanol–water partition coefficient (Wildman–Crippen LogP) is 2.13. The average Bonchev–Trinajstić information content (AvgIpc) is 2.00. The van der Waals surface area contributed by atoms with Crippen LogP contribution in [-0.2, 0) is 0 Å². The highest BCUT2D eigenvalue weighted by Gasteiger charge is 2.23. The zero-order chi connectivity index (χ0) is 12.1. The van der Waals surface area contributed by atoms with Crippen molar-refractivity contribution in [2.45, 2.75) is 52.7 Å². The van der Waals surface area contributed by atoms with Crippen molar-refractivity contribution in [3.63, 3.8) is 0 Å². The Morgan fingerprint density at radius 3 is 2.20 bits per heavy atom. The molecular weight excluding hydrogens is 186 g/mol. The Hall–Kier alpha value is -0.520. The zero-order valence-corrected chi connectivity index (χ0v) is 10.7. The van der Waals surface area contributed by atoms with Crippen LogP contribution in [-0.4, -0.2) is 34.7 Å². The standard InChI is InChI=1S/C13H25NO/c1-7-8-14(13(4,5)6)10-12(15)9-11(2)3/h1,11-12,15H,8-10H2,2-6H3. The van der Waals surface area contributed by atoms with E-state index >= 15 is 0 Å². The van der Waals surface area contributed by atoms with Crippen LogP contribution < -0.4 is 0 Å². The van der Waals surface area contributed by atoms with Gasteiger partial charge in [0.1, 0.15) is 0 Å². The molecule has 1 unspecified atom stereocenters. The van der Waals surface area contributed by atoms with Gasteiger partial charge < -0.3 is 5.11 Å². The topological polar surface area (TPSA) is 23.5 Å². The molecule has 0 rings (SSSR count). The maximum absolute atomic E-state index is 9.87.